The molecule has 0 aromatic heterocycles. The number of amides is 3. The molecule has 0 aliphatic carbocycles. The predicted octanol–water partition coefficient (Wildman–Crippen LogP) is 3.63. The van der Waals surface area contributed by atoms with Crippen LogP contribution in [0.15, 0.2) is 0 Å². The van der Waals surface area contributed by atoms with E-state index in [0.29, 0.717) is 32.4 Å². The van der Waals surface area contributed by atoms with E-state index in [1.807, 2.05) is 0 Å². The van der Waals surface area contributed by atoms with Gasteiger partial charge in [-0.2, -0.15) is 0 Å². The quantitative estimate of drug-likeness (QED) is 0.110. The Balaban J connectivity index is 5.26. The van der Waals surface area contributed by atoms with Gasteiger partial charge in [-0.05, 0) is 107 Å². The van der Waals surface area contributed by atoms with Crippen molar-refractivity contribution >= 4 is 29.8 Å². The molecule has 0 aliphatic heterocycles. The first-order valence-corrected chi connectivity index (χ1v) is 14.9. The van der Waals surface area contributed by atoms with Gasteiger partial charge in [0.1, 0.15) is 28.9 Å². The molecule has 0 aromatic carbocycles. The summed E-state index contributed by atoms with van der Waals surface area (Å²) in [5.74, 6) is -1.89. The van der Waals surface area contributed by atoms with Crippen molar-refractivity contribution in [3.63, 3.8) is 0 Å². The molecule has 12 heteroatoms. The highest BCUT2D eigenvalue weighted by Crippen LogP contribution is 2.15. The monoisotopic (exact) mass is 600 g/mol. The second kappa shape index (κ2) is 18.6. The minimum absolute atomic E-state index is 0.0345. The van der Waals surface area contributed by atoms with E-state index < -0.39 is 52.8 Å². The number of nitrogens with two attached hydrogens (primary N) is 1. The Morgan fingerprint density at radius 3 is 1.60 bits per heavy atom. The van der Waals surface area contributed by atoms with Crippen LogP contribution in [0, 0.1) is 0 Å². The van der Waals surface area contributed by atoms with E-state index in [2.05, 4.69) is 16.0 Å². The minimum Gasteiger partial charge on any atom is -0.460 e. The molecule has 244 valence electrons. The fourth-order valence-corrected chi connectivity index (χ4v) is 3.65. The zero-order valence-electron chi connectivity index (χ0n) is 27.3. The van der Waals surface area contributed by atoms with Crippen molar-refractivity contribution in [1.29, 1.82) is 0 Å². The van der Waals surface area contributed by atoms with Crippen LogP contribution in [0.2, 0.25) is 0 Å². The Hall–Kier alpha value is -2.89. The number of carbonyl (C=O) groups excluding carboxylic acids is 5. The highest BCUT2D eigenvalue weighted by molar-refractivity contribution is 5.87. The molecule has 0 heterocycles. The third kappa shape index (κ3) is 21.8. The van der Waals surface area contributed by atoms with Crippen molar-refractivity contribution < 1.29 is 38.2 Å². The molecule has 0 bridgehead atoms. The smallest absolute Gasteiger partial charge is 0.329 e. The highest BCUT2D eigenvalue weighted by Gasteiger charge is 2.31. The molecule has 42 heavy (non-hydrogen) atoms. The van der Waals surface area contributed by atoms with Crippen molar-refractivity contribution in [2.24, 2.45) is 5.73 Å². The van der Waals surface area contributed by atoms with Gasteiger partial charge in [0.2, 0.25) is 5.91 Å². The summed E-state index contributed by atoms with van der Waals surface area (Å²) in [6.45, 7) is 16.5. The average molecular weight is 601 g/mol. The largest absolute Gasteiger partial charge is 0.460 e. The van der Waals surface area contributed by atoms with Gasteiger partial charge in [0.25, 0.3) is 0 Å². The Morgan fingerprint density at radius 2 is 1.12 bits per heavy atom. The minimum atomic E-state index is -1.16. The molecule has 0 aromatic rings. The summed E-state index contributed by atoms with van der Waals surface area (Å²) in [5, 5.41) is 8.01. The first-order chi connectivity index (χ1) is 19.2. The Morgan fingerprint density at radius 1 is 0.619 bits per heavy atom. The van der Waals surface area contributed by atoms with E-state index in [1.165, 1.54) is 0 Å². The third-order valence-corrected chi connectivity index (χ3v) is 5.40. The lowest BCUT2D eigenvalue weighted by Crippen LogP contribution is -2.53. The molecule has 0 saturated heterocycles. The van der Waals surface area contributed by atoms with Crippen LogP contribution in [0.4, 0.5) is 4.79 Å². The fraction of sp³-hybridized carbons (Fsp3) is 0.833. The standard InChI is InChI=1S/C30H56N4O8/c1-28(2,3)40-24(36)18-17-22(26(38)42-30(7,8)9)34-27(39)33-21(25(37)41-29(4,5)6)15-12-14-20-32-23(35)16-11-10-13-19-31/h21-22H,10-20,31H2,1-9H3,(H,32,35)(H2,33,34,39)/t21-,22-/m0/s1. The van der Waals surface area contributed by atoms with Gasteiger partial charge in [0, 0.05) is 19.4 Å². The van der Waals surface area contributed by atoms with E-state index in [-0.39, 0.29) is 25.2 Å². The maximum absolute atomic E-state index is 13.0. The number of urea groups is 1. The summed E-state index contributed by atoms with van der Waals surface area (Å²) in [6.07, 6.45) is 4.20. The number of hydrogen-bond donors (Lipinski definition) is 4. The maximum Gasteiger partial charge on any atom is 0.329 e. The molecule has 0 spiro atoms. The molecule has 0 aliphatic rings. The number of carbonyl (C=O) groups is 5. The lowest BCUT2D eigenvalue weighted by molar-refractivity contribution is -0.159. The summed E-state index contributed by atoms with van der Waals surface area (Å²) in [7, 11) is 0. The first kappa shape index (κ1) is 39.1. The second-order valence-electron chi connectivity index (χ2n) is 13.4. The Labute approximate surface area is 251 Å². The van der Waals surface area contributed by atoms with Crippen molar-refractivity contribution in [1.82, 2.24) is 16.0 Å². The summed E-state index contributed by atoms with van der Waals surface area (Å²) in [5.41, 5.74) is 3.17. The van der Waals surface area contributed by atoms with E-state index in [1.54, 1.807) is 62.3 Å². The molecular weight excluding hydrogens is 544 g/mol. The van der Waals surface area contributed by atoms with Crippen LogP contribution in [-0.2, 0) is 33.4 Å². The second-order valence-corrected chi connectivity index (χ2v) is 13.4. The molecular formula is C30H56N4O8. The van der Waals surface area contributed by atoms with Gasteiger partial charge in [-0.3, -0.25) is 9.59 Å². The number of unbranched alkanes of at least 4 members (excludes halogenated alkanes) is 3. The number of ether oxygens (including phenoxy) is 3. The van der Waals surface area contributed by atoms with Gasteiger partial charge in [0.05, 0.1) is 0 Å². The van der Waals surface area contributed by atoms with Gasteiger partial charge in [0.15, 0.2) is 0 Å². The zero-order valence-corrected chi connectivity index (χ0v) is 27.3. The average Bonchev–Trinajstić information content (AvgIpc) is 2.80. The summed E-state index contributed by atoms with van der Waals surface area (Å²) < 4.78 is 16.2. The lowest BCUT2D eigenvalue weighted by atomic mass is 10.1. The predicted molar refractivity (Wildman–Crippen MR) is 160 cm³/mol. The Kier molecular flexibility index (Phi) is 17.3. The van der Waals surface area contributed by atoms with E-state index in [4.69, 9.17) is 19.9 Å². The number of hydrogen-bond acceptors (Lipinski definition) is 9. The lowest BCUT2D eigenvalue weighted by Gasteiger charge is -2.27. The van der Waals surface area contributed by atoms with Crippen molar-refractivity contribution in [2.45, 2.75) is 149 Å². The SMILES string of the molecule is CC(C)(C)OC(=O)CC[C@H](NC(=O)N[C@@H](CCCCNC(=O)CCCCCN)C(=O)OC(C)(C)C)C(=O)OC(C)(C)C. The topological polar surface area (TPSA) is 175 Å². The van der Waals surface area contributed by atoms with Gasteiger partial charge in [-0.25, -0.2) is 14.4 Å². The van der Waals surface area contributed by atoms with Crippen molar-refractivity contribution in [3.05, 3.63) is 0 Å². The van der Waals surface area contributed by atoms with Gasteiger partial charge in [-0.1, -0.05) is 6.42 Å². The summed E-state index contributed by atoms with van der Waals surface area (Å²) in [6, 6.07) is -2.94. The van der Waals surface area contributed by atoms with E-state index >= 15 is 0 Å². The van der Waals surface area contributed by atoms with Crippen LogP contribution in [0.3, 0.4) is 0 Å². The molecule has 2 atom stereocenters. The molecule has 0 unspecified atom stereocenters. The summed E-state index contributed by atoms with van der Waals surface area (Å²) in [4.78, 5) is 63.0. The third-order valence-electron chi connectivity index (χ3n) is 5.40. The van der Waals surface area contributed by atoms with Crippen LogP contribution < -0.4 is 21.7 Å². The first-order valence-electron chi connectivity index (χ1n) is 14.9. The molecule has 0 rings (SSSR count). The van der Waals surface area contributed by atoms with Crippen LogP contribution >= 0.6 is 0 Å². The fourth-order valence-electron chi connectivity index (χ4n) is 3.65. The number of rotatable bonds is 17. The molecule has 12 nitrogen and oxygen atoms in total. The number of esters is 3. The van der Waals surface area contributed by atoms with Gasteiger partial charge in [-0.15, -0.1) is 0 Å². The molecule has 3 amide bonds. The van der Waals surface area contributed by atoms with Crippen LogP contribution in [-0.4, -0.2) is 71.8 Å². The Bertz CT molecular complexity index is 872. The highest BCUT2D eigenvalue weighted by atomic mass is 16.6. The normalized spacial score (nSPS) is 13.4. The summed E-state index contributed by atoms with van der Waals surface area (Å²) >= 11 is 0. The van der Waals surface area contributed by atoms with E-state index in [9.17, 15) is 24.0 Å². The van der Waals surface area contributed by atoms with Crippen molar-refractivity contribution in [2.75, 3.05) is 13.1 Å². The molecule has 0 saturated carbocycles. The molecule has 5 N–H and O–H groups in total. The zero-order chi connectivity index (χ0) is 32.6. The van der Waals surface area contributed by atoms with Crippen LogP contribution in [0.1, 0.15) is 120 Å². The van der Waals surface area contributed by atoms with E-state index in [0.717, 1.165) is 19.3 Å². The van der Waals surface area contributed by atoms with Crippen LogP contribution in [0.25, 0.3) is 0 Å². The maximum atomic E-state index is 13.0. The molecule has 0 fully saturated rings. The molecule has 0 radical (unpaired) electrons. The van der Waals surface area contributed by atoms with Gasteiger partial charge < -0.3 is 35.9 Å². The number of nitrogens with one attached hydrogen (secondary N) is 3. The van der Waals surface area contributed by atoms with Crippen molar-refractivity contribution in [3.8, 4) is 0 Å². The van der Waals surface area contributed by atoms with Gasteiger partial charge >= 0.3 is 23.9 Å². The van der Waals surface area contributed by atoms with Crippen LogP contribution in [0.5, 0.6) is 0 Å².